The van der Waals surface area contributed by atoms with Crippen LogP contribution in [0.1, 0.15) is 45.4 Å². The van der Waals surface area contributed by atoms with E-state index < -0.39 is 0 Å². The first-order valence-electron chi connectivity index (χ1n) is 7.09. The van der Waals surface area contributed by atoms with Crippen LogP contribution in [0.2, 0.25) is 0 Å². The van der Waals surface area contributed by atoms with Gasteiger partial charge in [0.2, 0.25) is 5.88 Å². The molecule has 3 nitrogen and oxygen atoms in total. The molecule has 0 spiro atoms. The molecule has 1 aromatic heterocycles. The monoisotopic (exact) mass is 248 g/mol. The van der Waals surface area contributed by atoms with Gasteiger partial charge in [-0.25, -0.2) is 4.98 Å². The number of ether oxygens (including phenoxy) is 1. The number of aromatic nitrogens is 1. The molecular formula is C15H24N2O. The molecule has 0 amide bonds. The summed E-state index contributed by atoms with van der Waals surface area (Å²) in [6.07, 6.45) is 9.72. The molecular weight excluding hydrogens is 224 g/mol. The number of rotatable bonds is 5. The first-order chi connectivity index (χ1) is 8.83. The summed E-state index contributed by atoms with van der Waals surface area (Å²) < 4.78 is 5.27. The maximum absolute atomic E-state index is 5.27. The van der Waals surface area contributed by atoms with Crippen molar-refractivity contribution in [2.24, 2.45) is 5.92 Å². The van der Waals surface area contributed by atoms with Crippen LogP contribution >= 0.6 is 0 Å². The zero-order chi connectivity index (χ0) is 12.8. The van der Waals surface area contributed by atoms with Crippen molar-refractivity contribution in [2.75, 3.05) is 12.4 Å². The average Bonchev–Trinajstić information content (AvgIpc) is 2.42. The van der Waals surface area contributed by atoms with Crippen molar-refractivity contribution in [2.45, 2.75) is 51.5 Å². The van der Waals surface area contributed by atoms with Gasteiger partial charge in [-0.15, -0.1) is 0 Å². The molecule has 0 radical (unpaired) electrons. The van der Waals surface area contributed by atoms with Crippen molar-refractivity contribution >= 4 is 5.69 Å². The van der Waals surface area contributed by atoms with Crippen LogP contribution in [-0.4, -0.2) is 18.1 Å². The third-order valence-electron chi connectivity index (χ3n) is 3.87. The van der Waals surface area contributed by atoms with Crippen LogP contribution in [0.5, 0.6) is 5.88 Å². The summed E-state index contributed by atoms with van der Waals surface area (Å²) >= 11 is 0. The largest absolute Gasteiger partial charge is 0.480 e. The van der Waals surface area contributed by atoms with Crippen LogP contribution in [0.25, 0.3) is 0 Å². The number of anilines is 1. The number of nitrogens with one attached hydrogen (secondary N) is 1. The van der Waals surface area contributed by atoms with E-state index in [-0.39, 0.29) is 0 Å². The van der Waals surface area contributed by atoms with E-state index in [1.54, 1.807) is 13.3 Å². The molecule has 0 atom stereocenters. The molecule has 1 aromatic rings. The first kappa shape index (κ1) is 13.2. The highest BCUT2D eigenvalue weighted by Crippen LogP contribution is 2.31. The van der Waals surface area contributed by atoms with Crippen molar-refractivity contribution < 1.29 is 4.74 Å². The standard InChI is InChI=1S/C15H24N2O/c1-3-5-12-7-9-13(10-8-12)17-14-6-4-11-16-15(14)18-2/h4,6,11-13,17H,3,5,7-10H2,1-2H3. The van der Waals surface area contributed by atoms with Crippen molar-refractivity contribution in [3.63, 3.8) is 0 Å². The molecule has 0 bridgehead atoms. The number of methoxy groups -OCH3 is 1. The van der Waals surface area contributed by atoms with E-state index in [4.69, 9.17) is 4.74 Å². The Kier molecular flexibility index (Phi) is 4.85. The third kappa shape index (κ3) is 3.37. The Morgan fingerprint density at radius 2 is 2.11 bits per heavy atom. The average molecular weight is 248 g/mol. The molecule has 0 aliphatic heterocycles. The van der Waals surface area contributed by atoms with Crippen LogP contribution in [0, 0.1) is 5.92 Å². The Bertz CT molecular complexity index is 359. The fraction of sp³-hybridized carbons (Fsp3) is 0.667. The Balaban J connectivity index is 1.87. The van der Waals surface area contributed by atoms with E-state index in [1.807, 2.05) is 12.1 Å². The second-order valence-electron chi connectivity index (χ2n) is 5.21. The fourth-order valence-corrected chi connectivity index (χ4v) is 2.89. The molecule has 0 aromatic carbocycles. The van der Waals surface area contributed by atoms with Crippen molar-refractivity contribution in [1.82, 2.24) is 4.98 Å². The molecule has 0 saturated heterocycles. The van der Waals surface area contributed by atoms with E-state index in [2.05, 4.69) is 17.2 Å². The number of hydrogen-bond donors (Lipinski definition) is 1. The first-order valence-corrected chi connectivity index (χ1v) is 7.09. The van der Waals surface area contributed by atoms with Crippen LogP contribution in [0.3, 0.4) is 0 Å². The quantitative estimate of drug-likeness (QED) is 0.859. The molecule has 18 heavy (non-hydrogen) atoms. The van der Waals surface area contributed by atoms with Gasteiger partial charge in [0.1, 0.15) is 0 Å². The lowest BCUT2D eigenvalue weighted by Gasteiger charge is -2.29. The highest BCUT2D eigenvalue weighted by atomic mass is 16.5. The highest BCUT2D eigenvalue weighted by molar-refractivity contribution is 5.52. The summed E-state index contributed by atoms with van der Waals surface area (Å²) in [5.41, 5.74) is 1.03. The van der Waals surface area contributed by atoms with E-state index in [0.29, 0.717) is 11.9 Å². The minimum atomic E-state index is 0.580. The van der Waals surface area contributed by atoms with Gasteiger partial charge in [0, 0.05) is 12.2 Å². The topological polar surface area (TPSA) is 34.2 Å². The minimum absolute atomic E-state index is 0.580. The molecule has 100 valence electrons. The molecule has 1 N–H and O–H groups in total. The zero-order valence-electron chi connectivity index (χ0n) is 11.5. The molecule has 1 aliphatic rings. The second-order valence-corrected chi connectivity index (χ2v) is 5.21. The molecule has 1 saturated carbocycles. The molecule has 3 heteroatoms. The van der Waals surface area contributed by atoms with E-state index >= 15 is 0 Å². The summed E-state index contributed by atoms with van der Waals surface area (Å²) in [5, 5.41) is 3.58. The number of nitrogens with zero attached hydrogens (tertiary/aromatic N) is 1. The smallest absolute Gasteiger partial charge is 0.237 e. The third-order valence-corrected chi connectivity index (χ3v) is 3.87. The van der Waals surface area contributed by atoms with Crippen LogP contribution in [-0.2, 0) is 0 Å². The molecule has 0 unspecified atom stereocenters. The molecule has 1 fully saturated rings. The van der Waals surface area contributed by atoms with Gasteiger partial charge in [-0.3, -0.25) is 0 Å². The van der Waals surface area contributed by atoms with Crippen molar-refractivity contribution in [3.8, 4) is 5.88 Å². The van der Waals surface area contributed by atoms with Crippen molar-refractivity contribution in [1.29, 1.82) is 0 Å². The molecule has 1 heterocycles. The van der Waals surface area contributed by atoms with Gasteiger partial charge in [0.15, 0.2) is 0 Å². The Morgan fingerprint density at radius 3 is 2.78 bits per heavy atom. The lowest BCUT2D eigenvalue weighted by molar-refractivity contribution is 0.318. The van der Waals surface area contributed by atoms with Gasteiger partial charge < -0.3 is 10.1 Å². The number of pyridine rings is 1. The van der Waals surface area contributed by atoms with Gasteiger partial charge in [-0.1, -0.05) is 19.8 Å². The van der Waals surface area contributed by atoms with Gasteiger partial charge in [-0.05, 0) is 43.7 Å². The SMILES string of the molecule is CCCC1CCC(Nc2cccnc2OC)CC1. The lowest BCUT2D eigenvalue weighted by Crippen LogP contribution is -2.26. The maximum atomic E-state index is 5.27. The Hall–Kier alpha value is -1.25. The summed E-state index contributed by atoms with van der Waals surface area (Å²) in [6, 6.07) is 4.58. The van der Waals surface area contributed by atoms with Gasteiger partial charge in [0.25, 0.3) is 0 Å². The van der Waals surface area contributed by atoms with E-state index in [0.717, 1.165) is 11.6 Å². The van der Waals surface area contributed by atoms with Gasteiger partial charge in [0.05, 0.1) is 12.8 Å². The molecule has 1 aliphatic carbocycles. The van der Waals surface area contributed by atoms with Crippen LogP contribution < -0.4 is 10.1 Å². The normalized spacial score (nSPS) is 23.7. The Labute approximate surface area is 110 Å². The summed E-state index contributed by atoms with van der Waals surface area (Å²) in [6.45, 7) is 2.28. The number of hydrogen-bond acceptors (Lipinski definition) is 3. The zero-order valence-corrected chi connectivity index (χ0v) is 11.5. The highest BCUT2D eigenvalue weighted by Gasteiger charge is 2.21. The van der Waals surface area contributed by atoms with Crippen molar-refractivity contribution in [3.05, 3.63) is 18.3 Å². The minimum Gasteiger partial charge on any atom is -0.480 e. The van der Waals surface area contributed by atoms with E-state index in [1.165, 1.54) is 38.5 Å². The summed E-state index contributed by atoms with van der Waals surface area (Å²) in [4.78, 5) is 4.22. The second kappa shape index (κ2) is 6.62. The summed E-state index contributed by atoms with van der Waals surface area (Å²) in [5.74, 6) is 1.65. The Morgan fingerprint density at radius 1 is 1.33 bits per heavy atom. The lowest BCUT2D eigenvalue weighted by atomic mass is 9.83. The van der Waals surface area contributed by atoms with E-state index in [9.17, 15) is 0 Å². The summed E-state index contributed by atoms with van der Waals surface area (Å²) in [7, 11) is 1.67. The molecule has 2 rings (SSSR count). The predicted molar refractivity (Wildman–Crippen MR) is 75.1 cm³/mol. The van der Waals surface area contributed by atoms with Gasteiger partial charge in [-0.2, -0.15) is 0 Å². The van der Waals surface area contributed by atoms with Crippen LogP contribution in [0.15, 0.2) is 18.3 Å². The fourth-order valence-electron chi connectivity index (χ4n) is 2.89. The van der Waals surface area contributed by atoms with Gasteiger partial charge >= 0.3 is 0 Å². The van der Waals surface area contributed by atoms with Crippen LogP contribution in [0.4, 0.5) is 5.69 Å². The predicted octanol–water partition coefficient (Wildman–Crippen LogP) is 3.86. The maximum Gasteiger partial charge on any atom is 0.237 e.